The number of carbonyl (C=O) groups excluding carboxylic acids is 1. The van der Waals surface area contributed by atoms with Gasteiger partial charge in [0.2, 0.25) is 0 Å². The number of furan rings is 1. The van der Waals surface area contributed by atoms with Crippen LogP contribution in [-0.2, 0) is 13.6 Å². The van der Waals surface area contributed by atoms with Gasteiger partial charge in [0.15, 0.2) is 17.2 Å². The first-order valence-corrected chi connectivity index (χ1v) is 8.41. The molecule has 0 bridgehead atoms. The standard InChI is InChI=1S/C19H20N4O4/c1-3-26-17-9-13(6-7-16(17)24)10-20-15-12-22-23(2)18(15)19(25)21-11-14-5-4-8-27-14/h4-10,12,24H,3,11H2,1-2H3,(H,21,25). The first-order valence-electron chi connectivity index (χ1n) is 8.41. The molecule has 140 valence electrons. The van der Waals surface area contributed by atoms with Gasteiger partial charge < -0.3 is 19.6 Å². The minimum absolute atomic E-state index is 0.0633. The third kappa shape index (κ3) is 4.35. The largest absolute Gasteiger partial charge is 0.504 e. The van der Waals surface area contributed by atoms with Gasteiger partial charge in [0.05, 0.1) is 25.6 Å². The van der Waals surface area contributed by atoms with Crippen molar-refractivity contribution in [1.29, 1.82) is 0 Å². The summed E-state index contributed by atoms with van der Waals surface area (Å²) >= 11 is 0. The number of aryl methyl sites for hydroxylation is 1. The topological polar surface area (TPSA) is 102 Å². The number of phenolic OH excluding ortho intramolecular Hbond substituents is 1. The fourth-order valence-electron chi connectivity index (χ4n) is 2.47. The van der Waals surface area contributed by atoms with Crippen LogP contribution >= 0.6 is 0 Å². The molecule has 0 atom stereocenters. The van der Waals surface area contributed by atoms with Crippen LogP contribution < -0.4 is 10.1 Å². The summed E-state index contributed by atoms with van der Waals surface area (Å²) in [6, 6.07) is 8.45. The van der Waals surface area contributed by atoms with Crippen LogP contribution in [0.3, 0.4) is 0 Å². The smallest absolute Gasteiger partial charge is 0.272 e. The summed E-state index contributed by atoms with van der Waals surface area (Å²) in [6.07, 6.45) is 4.65. The van der Waals surface area contributed by atoms with Gasteiger partial charge in [-0.2, -0.15) is 5.10 Å². The predicted molar refractivity (Wildman–Crippen MR) is 99.6 cm³/mol. The zero-order valence-electron chi connectivity index (χ0n) is 15.0. The van der Waals surface area contributed by atoms with Crippen molar-refractivity contribution in [2.75, 3.05) is 6.61 Å². The Morgan fingerprint density at radius 1 is 1.44 bits per heavy atom. The van der Waals surface area contributed by atoms with E-state index < -0.39 is 0 Å². The zero-order valence-corrected chi connectivity index (χ0v) is 15.0. The number of hydrogen-bond acceptors (Lipinski definition) is 6. The van der Waals surface area contributed by atoms with E-state index in [1.165, 1.54) is 16.9 Å². The van der Waals surface area contributed by atoms with Crippen molar-refractivity contribution in [2.45, 2.75) is 13.5 Å². The molecule has 2 N–H and O–H groups in total. The molecule has 27 heavy (non-hydrogen) atoms. The molecule has 3 aromatic rings. The second-order valence-corrected chi connectivity index (χ2v) is 5.68. The van der Waals surface area contributed by atoms with Crippen molar-refractivity contribution in [3.63, 3.8) is 0 Å². The zero-order chi connectivity index (χ0) is 19.2. The maximum Gasteiger partial charge on any atom is 0.272 e. The summed E-state index contributed by atoms with van der Waals surface area (Å²) in [5.41, 5.74) is 1.49. The highest BCUT2D eigenvalue weighted by Gasteiger charge is 2.16. The lowest BCUT2D eigenvalue weighted by molar-refractivity contribution is 0.0939. The molecule has 8 nitrogen and oxygen atoms in total. The Morgan fingerprint density at radius 2 is 2.30 bits per heavy atom. The van der Waals surface area contributed by atoms with Crippen LogP contribution in [0.15, 0.2) is 52.2 Å². The van der Waals surface area contributed by atoms with Gasteiger partial charge in [-0.15, -0.1) is 0 Å². The Labute approximate surface area is 156 Å². The number of carbonyl (C=O) groups is 1. The van der Waals surface area contributed by atoms with Crippen LogP contribution in [0.2, 0.25) is 0 Å². The number of nitrogens with one attached hydrogen (secondary N) is 1. The predicted octanol–water partition coefficient (Wildman–Crippen LogP) is 2.80. The Hall–Kier alpha value is -3.55. The van der Waals surface area contributed by atoms with Crippen molar-refractivity contribution < 1.29 is 19.1 Å². The van der Waals surface area contributed by atoms with Crippen molar-refractivity contribution in [2.24, 2.45) is 12.0 Å². The van der Waals surface area contributed by atoms with Crippen molar-refractivity contribution in [3.05, 3.63) is 59.8 Å². The first-order chi connectivity index (χ1) is 13.1. The molecule has 0 aliphatic heterocycles. The summed E-state index contributed by atoms with van der Waals surface area (Å²) in [4.78, 5) is 16.9. The first kappa shape index (κ1) is 18.2. The number of amides is 1. The molecule has 0 saturated carbocycles. The van der Waals surface area contributed by atoms with Crippen LogP contribution in [0.4, 0.5) is 5.69 Å². The molecule has 0 aliphatic rings. The summed E-state index contributed by atoms with van der Waals surface area (Å²) in [5.74, 6) is 0.791. The van der Waals surface area contributed by atoms with Crippen molar-refractivity contribution in [1.82, 2.24) is 15.1 Å². The number of nitrogens with zero attached hydrogens (tertiary/aromatic N) is 3. The molecule has 3 rings (SSSR count). The van der Waals surface area contributed by atoms with Crippen LogP contribution in [0.5, 0.6) is 11.5 Å². The summed E-state index contributed by atoms with van der Waals surface area (Å²) in [7, 11) is 1.68. The Kier molecular flexibility index (Phi) is 5.55. The molecule has 0 fully saturated rings. The van der Waals surface area contributed by atoms with E-state index in [1.54, 1.807) is 43.8 Å². The number of hydrogen-bond donors (Lipinski definition) is 2. The van der Waals surface area contributed by atoms with Crippen LogP contribution in [-0.4, -0.2) is 33.6 Å². The molecule has 2 aromatic heterocycles. The van der Waals surface area contributed by atoms with E-state index in [9.17, 15) is 9.90 Å². The van der Waals surface area contributed by atoms with Crippen molar-refractivity contribution >= 4 is 17.8 Å². The Morgan fingerprint density at radius 3 is 3.04 bits per heavy atom. The third-order valence-electron chi connectivity index (χ3n) is 3.77. The number of phenols is 1. The van der Waals surface area contributed by atoms with E-state index >= 15 is 0 Å². The molecule has 0 aliphatic carbocycles. The molecular formula is C19H20N4O4. The second kappa shape index (κ2) is 8.22. The van der Waals surface area contributed by atoms with Gasteiger partial charge in [0.25, 0.3) is 5.91 Å². The second-order valence-electron chi connectivity index (χ2n) is 5.68. The highest BCUT2D eigenvalue weighted by atomic mass is 16.5. The maximum atomic E-state index is 12.5. The highest BCUT2D eigenvalue weighted by molar-refractivity contribution is 5.98. The van der Waals surface area contributed by atoms with Crippen LogP contribution in [0.1, 0.15) is 28.7 Å². The number of aromatic nitrogens is 2. The van der Waals surface area contributed by atoms with Gasteiger partial charge in [-0.25, -0.2) is 0 Å². The van der Waals surface area contributed by atoms with E-state index in [-0.39, 0.29) is 18.2 Å². The normalized spacial score (nSPS) is 11.0. The Balaban J connectivity index is 1.77. The van der Waals surface area contributed by atoms with E-state index in [0.717, 1.165) is 5.56 Å². The maximum absolute atomic E-state index is 12.5. The van der Waals surface area contributed by atoms with E-state index in [1.807, 2.05) is 6.92 Å². The summed E-state index contributed by atoms with van der Waals surface area (Å²) < 4.78 is 12.0. The lowest BCUT2D eigenvalue weighted by Crippen LogP contribution is -2.25. The fraction of sp³-hybridized carbons (Fsp3) is 0.211. The van der Waals surface area contributed by atoms with Crippen LogP contribution in [0, 0.1) is 0 Å². The molecule has 8 heteroatoms. The van der Waals surface area contributed by atoms with Gasteiger partial charge in [-0.1, -0.05) is 0 Å². The van der Waals surface area contributed by atoms with Gasteiger partial charge >= 0.3 is 0 Å². The quantitative estimate of drug-likeness (QED) is 0.625. The van der Waals surface area contributed by atoms with E-state index in [4.69, 9.17) is 9.15 Å². The van der Waals surface area contributed by atoms with Gasteiger partial charge in [0, 0.05) is 13.3 Å². The molecule has 0 radical (unpaired) electrons. The minimum Gasteiger partial charge on any atom is -0.504 e. The minimum atomic E-state index is -0.306. The van der Waals surface area contributed by atoms with Gasteiger partial charge in [-0.05, 0) is 42.8 Å². The monoisotopic (exact) mass is 368 g/mol. The SMILES string of the molecule is CCOc1cc(C=Nc2cnn(C)c2C(=O)NCc2ccco2)ccc1O. The number of aromatic hydroxyl groups is 1. The van der Waals surface area contributed by atoms with E-state index in [2.05, 4.69) is 15.4 Å². The number of rotatable bonds is 7. The number of aliphatic imine (C=N–C) groups is 1. The molecule has 1 aromatic carbocycles. The molecule has 0 unspecified atom stereocenters. The highest BCUT2D eigenvalue weighted by Crippen LogP contribution is 2.26. The molecule has 1 amide bonds. The summed E-state index contributed by atoms with van der Waals surface area (Å²) in [5, 5.41) is 16.7. The fourth-order valence-corrected chi connectivity index (χ4v) is 2.47. The lowest BCUT2D eigenvalue weighted by Gasteiger charge is -2.06. The lowest BCUT2D eigenvalue weighted by atomic mass is 10.2. The van der Waals surface area contributed by atoms with Gasteiger partial charge in [-0.3, -0.25) is 14.5 Å². The molecule has 0 spiro atoms. The van der Waals surface area contributed by atoms with Gasteiger partial charge in [0.1, 0.15) is 11.4 Å². The molecular weight excluding hydrogens is 348 g/mol. The third-order valence-corrected chi connectivity index (χ3v) is 3.77. The van der Waals surface area contributed by atoms with Crippen molar-refractivity contribution in [3.8, 4) is 11.5 Å². The number of ether oxygens (including phenoxy) is 1. The Bertz CT molecular complexity index is 945. The van der Waals surface area contributed by atoms with E-state index in [0.29, 0.717) is 29.5 Å². The molecule has 2 heterocycles. The average molecular weight is 368 g/mol. The summed E-state index contributed by atoms with van der Waals surface area (Å²) in [6.45, 7) is 2.55. The van der Waals surface area contributed by atoms with Crippen LogP contribution in [0.25, 0.3) is 0 Å². The average Bonchev–Trinajstić information content (AvgIpc) is 3.30. The molecule has 0 saturated heterocycles. The number of benzene rings is 1.